The van der Waals surface area contributed by atoms with Crippen LogP contribution in [0.2, 0.25) is 0 Å². The second-order valence-corrected chi connectivity index (χ2v) is 3.77. The van der Waals surface area contributed by atoms with Crippen LogP contribution < -0.4 is 5.32 Å². The summed E-state index contributed by atoms with van der Waals surface area (Å²) in [4.78, 5) is 4.05. The molecule has 88 valence electrons. The summed E-state index contributed by atoms with van der Waals surface area (Å²) in [5, 5.41) is 3.00. The average Bonchev–Trinajstić information content (AvgIpc) is 2.28. The van der Waals surface area contributed by atoms with Crippen LogP contribution in [0, 0.1) is 11.6 Å². The SMILES string of the molecule is CNCc1cncc(-c2cc(F)cc(F)c2)c1. The molecule has 0 aliphatic heterocycles. The van der Waals surface area contributed by atoms with Gasteiger partial charge in [0.2, 0.25) is 0 Å². The first-order valence-corrected chi connectivity index (χ1v) is 5.24. The molecule has 0 spiro atoms. The maximum Gasteiger partial charge on any atom is 0.126 e. The van der Waals surface area contributed by atoms with E-state index in [9.17, 15) is 8.78 Å². The van der Waals surface area contributed by atoms with Crippen LogP contribution in [0.1, 0.15) is 5.56 Å². The number of hydrogen-bond acceptors (Lipinski definition) is 2. The summed E-state index contributed by atoms with van der Waals surface area (Å²) in [6.07, 6.45) is 3.31. The van der Waals surface area contributed by atoms with Crippen LogP contribution in [0.4, 0.5) is 8.78 Å². The molecule has 1 N–H and O–H groups in total. The van der Waals surface area contributed by atoms with E-state index in [4.69, 9.17) is 0 Å². The van der Waals surface area contributed by atoms with Gasteiger partial charge in [0.05, 0.1) is 0 Å². The Bertz CT molecular complexity index is 506. The Kier molecular flexibility index (Phi) is 3.44. The summed E-state index contributed by atoms with van der Waals surface area (Å²) in [6, 6.07) is 5.30. The minimum absolute atomic E-state index is 0.493. The smallest absolute Gasteiger partial charge is 0.126 e. The lowest BCUT2D eigenvalue weighted by atomic mass is 10.1. The van der Waals surface area contributed by atoms with Crippen LogP contribution in [-0.2, 0) is 6.54 Å². The van der Waals surface area contributed by atoms with E-state index in [2.05, 4.69) is 10.3 Å². The van der Waals surface area contributed by atoms with Crippen molar-refractivity contribution in [2.45, 2.75) is 6.54 Å². The van der Waals surface area contributed by atoms with Gasteiger partial charge >= 0.3 is 0 Å². The Morgan fingerprint density at radius 2 is 1.71 bits per heavy atom. The molecule has 17 heavy (non-hydrogen) atoms. The van der Waals surface area contributed by atoms with Crippen LogP contribution in [0.5, 0.6) is 0 Å². The molecule has 0 atom stereocenters. The van der Waals surface area contributed by atoms with Gasteiger partial charge in [-0.25, -0.2) is 8.78 Å². The molecule has 0 unspecified atom stereocenters. The lowest BCUT2D eigenvalue weighted by Gasteiger charge is -2.05. The molecule has 2 aromatic rings. The molecule has 0 aliphatic carbocycles. The van der Waals surface area contributed by atoms with Crippen LogP contribution in [0.15, 0.2) is 36.7 Å². The number of hydrogen-bond donors (Lipinski definition) is 1. The first kappa shape index (κ1) is 11.7. The van der Waals surface area contributed by atoms with Crippen molar-refractivity contribution in [3.63, 3.8) is 0 Å². The fraction of sp³-hybridized carbons (Fsp3) is 0.154. The molecule has 1 heterocycles. The Balaban J connectivity index is 2.41. The zero-order valence-electron chi connectivity index (χ0n) is 9.37. The van der Waals surface area contributed by atoms with E-state index < -0.39 is 11.6 Å². The van der Waals surface area contributed by atoms with Gasteiger partial charge in [-0.05, 0) is 36.4 Å². The third kappa shape index (κ3) is 2.85. The monoisotopic (exact) mass is 234 g/mol. The molecule has 0 amide bonds. The third-order valence-corrected chi connectivity index (χ3v) is 2.37. The molecule has 2 nitrogen and oxygen atoms in total. The highest BCUT2D eigenvalue weighted by molar-refractivity contribution is 5.63. The minimum Gasteiger partial charge on any atom is -0.316 e. The average molecular weight is 234 g/mol. The van der Waals surface area contributed by atoms with E-state index in [1.807, 2.05) is 13.1 Å². The van der Waals surface area contributed by atoms with Gasteiger partial charge in [-0.1, -0.05) is 0 Å². The molecule has 0 fully saturated rings. The van der Waals surface area contributed by atoms with Crippen LogP contribution in [-0.4, -0.2) is 12.0 Å². The lowest BCUT2D eigenvalue weighted by Crippen LogP contribution is -2.05. The van der Waals surface area contributed by atoms with Gasteiger partial charge in [-0.15, -0.1) is 0 Å². The molecule has 0 bridgehead atoms. The number of halogens is 2. The molecule has 2 rings (SSSR count). The van der Waals surface area contributed by atoms with Crippen molar-refractivity contribution in [1.29, 1.82) is 0 Å². The zero-order chi connectivity index (χ0) is 12.3. The van der Waals surface area contributed by atoms with Gasteiger partial charge in [0.15, 0.2) is 0 Å². The molecule has 0 saturated carbocycles. The first-order valence-electron chi connectivity index (χ1n) is 5.24. The summed E-state index contributed by atoms with van der Waals surface area (Å²) in [7, 11) is 1.83. The Labute approximate surface area is 98.3 Å². The predicted molar refractivity (Wildman–Crippen MR) is 62.4 cm³/mol. The molecular weight excluding hydrogens is 222 g/mol. The molecule has 1 aromatic carbocycles. The van der Waals surface area contributed by atoms with Crippen molar-refractivity contribution in [1.82, 2.24) is 10.3 Å². The molecule has 1 aromatic heterocycles. The molecular formula is C13H12F2N2. The van der Waals surface area contributed by atoms with Crippen molar-refractivity contribution in [2.24, 2.45) is 0 Å². The largest absolute Gasteiger partial charge is 0.316 e. The van der Waals surface area contributed by atoms with Gasteiger partial charge in [0.1, 0.15) is 11.6 Å². The summed E-state index contributed by atoms with van der Waals surface area (Å²) in [6.45, 7) is 0.665. The normalized spacial score (nSPS) is 10.5. The van der Waals surface area contributed by atoms with Gasteiger partial charge in [-0.3, -0.25) is 4.98 Å². The topological polar surface area (TPSA) is 24.9 Å². The number of rotatable bonds is 3. The quantitative estimate of drug-likeness (QED) is 0.883. The van der Waals surface area contributed by atoms with Crippen molar-refractivity contribution >= 4 is 0 Å². The van der Waals surface area contributed by atoms with E-state index in [-0.39, 0.29) is 0 Å². The molecule has 0 saturated heterocycles. The lowest BCUT2D eigenvalue weighted by molar-refractivity contribution is 0.584. The van der Waals surface area contributed by atoms with Gasteiger partial charge in [0.25, 0.3) is 0 Å². The highest BCUT2D eigenvalue weighted by Gasteiger charge is 2.04. The number of nitrogens with zero attached hydrogens (tertiary/aromatic N) is 1. The van der Waals surface area contributed by atoms with Crippen molar-refractivity contribution in [3.05, 3.63) is 53.9 Å². The predicted octanol–water partition coefficient (Wildman–Crippen LogP) is 2.75. The number of nitrogens with one attached hydrogen (secondary N) is 1. The van der Waals surface area contributed by atoms with Gasteiger partial charge in [-0.2, -0.15) is 0 Å². The third-order valence-electron chi connectivity index (χ3n) is 2.37. The first-order chi connectivity index (χ1) is 8.19. The van der Waals surface area contributed by atoms with E-state index in [0.29, 0.717) is 17.7 Å². The van der Waals surface area contributed by atoms with E-state index in [1.165, 1.54) is 12.1 Å². The molecule has 4 heteroatoms. The summed E-state index contributed by atoms with van der Waals surface area (Å²) in [5.74, 6) is -1.17. The Morgan fingerprint density at radius 1 is 1.00 bits per heavy atom. The fourth-order valence-corrected chi connectivity index (χ4v) is 1.67. The summed E-state index contributed by atoms with van der Waals surface area (Å²) >= 11 is 0. The van der Waals surface area contributed by atoms with Crippen LogP contribution >= 0.6 is 0 Å². The Hall–Kier alpha value is -1.81. The standard InChI is InChI=1S/C13H12F2N2/c1-16-6-9-2-11(8-17-7-9)10-3-12(14)5-13(15)4-10/h2-5,7-8,16H,6H2,1H3. The summed E-state index contributed by atoms with van der Waals surface area (Å²) in [5.41, 5.74) is 2.17. The van der Waals surface area contributed by atoms with Gasteiger partial charge in [0, 0.05) is 30.6 Å². The molecule has 0 radical (unpaired) electrons. The van der Waals surface area contributed by atoms with Crippen molar-refractivity contribution < 1.29 is 8.78 Å². The minimum atomic E-state index is -0.584. The maximum atomic E-state index is 13.1. The van der Waals surface area contributed by atoms with E-state index >= 15 is 0 Å². The van der Waals surface area contributed by atoms with Gasteiger partial charge < -0.3 is 5.32 Å². The fourth-order valence-electron chi connectivity index (χ4n) is 1.67. The highest BCUT2D eigenvalue weighted by atomic mass is 19.1. The number of pyridine rings is 1. The molecule has 0 aliphatic rings. The second kappa shape index (κ2) is 5.01. The van der Waals surface area contributed by atoms with Crippen molar-refractivity contribution in [2.75, 3.05) is 7.05 Å². The van der Waals surface area contributed by atoms with Crippen molar-refractivity contribution in [3.8, 4) is 11.1 Å². The summed E-state index contributed by atoms with van der Waals surface area (Å²) < 4.78 is 26.2. The highest BCUT2D eigenvalue weighted by Crippen LogP contribution is 2.21. The van der Waals surface area contributed by atoms with E-state index in [0.717, 1.165) is 11.6 Å². The van der Waals surface area contributed by atoms with E-state index in [1.54, 1.807) is 12.4 Å². The second-order valence-electron chi connectivity index (χ2n) is 3.77. The maximum absolute atomic E-state index is 13.1. The van der Waals surface area contributed by atoms with Crippen LogP contribution in [0.3, 0.4) is 0 Å². The number of benzene rings is 1. The Morgan fingerprint density at radius 3 is 2.35 bits per heavy atom. The zero-order valence-corrected chi connectivity index (χ0v) is 9.37. The number of aromatic nitrogens is 1. The van der Waals surface area contributed by atoms with Crippen LogP contribution in [0.25, 0.3) is 11.1 Å².